The topological polar surface area (TPSA) is 75.4 Å². The minimum Gasteiger partial charge on any atom is -0.338 e. The number of hydrogen-bond acceptors (Lipinski definition) is 3. The molecular weight excluding hydrogens is 350 g/mol. The Hall–Kier alpha value is -2.37. The number of amides is 2. The molecular formula is C20H24ClN3O2. The van der Waals surface area contributed by atoms with Gasteiger partial charge in [0.05, 0.1) is 0 Å². The highest BCUT2D eigenvalue weighted by Gasteiger charge is 2.35. The lowest BCUT2D eigenvalue weighted by Gasteiger charge is -2.17. The average Bonchev–Trinajstić information content (AvgIpc) is 3.06. The molecule has 0 saturated carbocycles. The highest BCUT2D eigenvalue weighted by Crippen LogP contribution is 2.32. The van der Waals surface area contributed by atoms with Gasteiger partial charge < -0.3 is 16.0 Å². The van der Waals surface area contributed by atoms with Crippen LogP contribution in [0.4, 0.5) is 5.69 Å². The molecule has 1 fully saturated rings. The van der Waals surface area contributed by atoms with E-state index < -0.39 is 0 Å². The molecule has 2 atom stereocenters. The first-order valence-electron chi connectivity index (χ1n) is 8.50. The van der Waals surface area contributed by atoms with Crippen molar-refractivity contribution in [3.63, 3.8) is 0 Å². The Morgan fingerprint density at radius 3 is 2.50 bits per heavy atom. The Kier molecular flexibility index (Phi) is 6.77. The van der Waals surface area contributed by atoms with E-state index in [2.05, 4.69) is 17.4 Å². The maximum Gasteiger partial charge on any atom is 0.253 e. The molecule has 0 aliphatic carbocycles. The molecule has 2 aromatic carbocycles. The molecule has 0 radical (unpaired) electrons. The first-order chi connectivity index (χ1) is 12.1. The van der Waals surface area contributed by atoms with Gasteiger partial charge in [-0.15, -0.1) is 12.4 Å². The lowest BCUT2D eigenvalue weighted by Crippen LogP contribution is -2.29. The Labute approximate surface area is 160 Å². The number of nitrogens with zero attached hydrogens (tertiary/aromatic N) is 1. The van der Waals surface area contributed by atoms with E-state index in [9.17, 15) is 9.59 Å². The number of hydrogen-bond donors (Lipinski definition) is 2. The predicted octanol–water partition coefficient (Wildman–Crippen LogP) is 2.88. The molecule has 0 aromatic heterocycles. The van der Waals surface area contributed by atoms with Gasteiger partial charge in [-0.25, -0.2) is 0 Å². The molecule has 2 amide bonds. The van der Waals surface area contributed by atoms with Crippen molar-refractivity contribution in [3.05, 3.63) is 65.7 Å². The number of anilines is 1. The fourth-order valence-electron chi connectivity index (χ4n) is 3.47. The van der Waals surface area contributed by atoms with Crippen LogP contribution in [0.15, 0.2) is 54.6 Å². The van der Waals surface area contributed by atoms with E-state index in [0.29, 0.717) is 30.9 Å². The van der Waals surface area contributed by atoms with Crippen molar-refractivity contribution >= 4 is 29.9 Å². The van der Waals surface area contributed by atoms with Crippen LogP contribution >= 0.6 is 12.4 Å². The summed E-state index contributed by atoms with van der Waals surface area (Å²) in [5.74, 6) is 0.334. The summed E-state index contributed by atoms with van der Waals surface area (Å²) in [7, 11) is 0. The normalized spacial score (nSPS) is 18.9. The zero-order valence-corrected chi connectivity index (χ0v) is 15.5. The summed E-state index contributed by atoms with van der Waals surface area (Å²) in [5.41, 5.74) is 8.39. The van der Waals surface area contributed by atoms with Crippen molar-refractivity contribution in [1.29, 1.82) is 0 Å². The van der Waals surface area contributed by atoms with E-state index in [1.807, 2.05) is 23.1 Å². The third-order valence-corrected chi connectivity index (χ3v) is 4.69. The van der Waals surface area contributed by atoms with E-state index in [-0.39, 0.29) is 36.1 Å². The zero-order chi connectivity index (χ0) is 17.8. The van der Waals surface area contributed by atoms with Crippen molar-refractivity contribution in [1.82, 2.24) is 4.90 Å². The number of halogens is 1. The largest absolute Gasteiger partial charge is 0.338 e. The number of rotatable bonds is 4. The van der Waals surface area contributed by atoms with Gasteiger partial charge >= 0.3 is 0 Å². The monoisotopic (exact) mass is 373 g/mol. The van der Waals surface area contributed by atoms with E-state index >= 15 is 0 Å². The number of likely N-dealkylation sites (tertiary alicyclic amines) is 1. The zero-order valence-electron chi connectivity index (χ0n) is 14.7. The fraction of sp³-hybridized carbons (Fsp3) is 0.300. The maximum atomic E-state index is 12.9. The smallest absolute Gasteiger partial charge is 0.253 e. The second-order valence-corrected chi connectivity index (χ2v) is 6.49. The molecule has 3 N–H and O–H groups in total. The summed E-state index contributed by atoms with van der Waals surface area (Å²) in [6.45, 7) is 3.31. The molecule has 2 aromatic rings. The Bertz CT molecular complexity index is 767. The van der Waals surface area contributed by atoms with Crippen molar-refractivity contribution in [2.75, 3.05) is 25.0 Å². The molecule has 0 bridgehead atoms. The molecule has 5 nitrogen and oxygen atoms in total. The quantitative estimate of drug-likeness (QED) is 0.865. The molecule has 1 aliphatic heterocycles. The van der Waals surface area contributed by atoms with Gasteiger partial charge in [0, 0.05) is 37.2 Å². The molecule has 6 heteroatoms. The molecule has 3 rings (SSSR count). The lowest BCUT2D eigenvalue weighted by molar-refractivity contribution is -0.114. The highest BCUT2D eigenvalue weighted by atomic mass is 35.5. The predicted molar refractivity (Wildman–Crippen MR) is 106 cm³/mol. The van der Waals surface area contributed by atoms with Crippen LogP contribution in [0.5, 0.6) is 0 Å². The van der Waals surface area contributed by atoms with Gasteiger partial charge in [0.2, 0.25) is 5.91 Å². The Balaban J connectivity index is 0.00000243. The van der Waals surface area contributed by atoms with Gasteiger partial charge in [0.25, 0.3) is 5.91 Å². The van der Waals surface area contributed by atoms with Crippen LogP contribution in [0, 0.1) is 5.92 Å². The van der Waals surface area contributed by atoms with Gasteiger partial charge in [-0.1, -0.05) is 36.4 Å². The summed E-state index contributed by atoms with van der Waals surface area (Å²) in [6, 6.07) is 17.3. The first kappa shape index (κ1) is 19.9. The van der Waals surface area contributed by atoms with Crippen LogP contribution in [0.2, 0.25) is 0 Å². The van der Waals surface area contributed by atoms with Crippen LogP contribution < -0.4 is 11.1 Å². The van der Waals surface area contributed by atoms with Gasteiger partial charge in [0.15, 0.2) is 0 Å². The average molecular weight is 374 g/mol. The Morgan fingerprint density at radius 2 is 1.85 bits per heavy atom. The van der Waals surface area contributed by atoms with E-state index in [1.165, 1.54) is 12.5 Å². The molecule has 1 heterocycles. The second kappa shape index (κ2) is 8.83. The van der Waals surface area contributed by atoms with Crippen LogP contribution in [0.25, 0.3) is 0 Å². The van der Waals surface area contributed by atoms with Gasteiger partial charge in [-0.2, -0.15) is 0 Å². The molecule has 138 valence electrons. The van der Waals surface area contributed by atoms with Crippen LogP contribution in [-0.4, -0.2) is 36.3 Å². The number of nitrogens with two attached hydrogens (primary N) is 1. The number of carbonyl (C=O) groups is 2. The van der Waals surface area contributed by atoms with E-state index in [0.717, 1.165) is 0 Å². The highest BCUT2D eigenvalue weighted by molar-refractivity contribution is 5.97. The maximum absolute atomic E-state index is 12.9. The first-order valence-corrected chi connectivity index (χ1v) is 8.50. The molecule has 1 saturated heterocycles. The summed E-state index contributed by atoms with van der Waals surface area (Å²) in [5, 5.41) is 2.72. The minimum atomic E-state index is -0.155. The van der Waals surface area contributed by atoms with Crippen LogP contribution in [0.3, 0.4) is 0 Å². The van der Waals surface area contributed by atoms with Gasteiger partial charge in [0.1, 0.15) is 0 Å². The molecule has 0 spiro atoms. The summed E-state index contributed by atoms with van der Waals surface area (Å²) in [6.07, 6.45) is 0. The number of nitrogens with one attached hydrogen (secondary N) is 1. The molecule has 0 unspecified atom stereocenters. The third kappa shape index (κ3) is 4.42. The van der Waals surface area contributed by atoms with E-state index in [1.54, 1.807) is 24.3 Å². The van der Waals surface area contributed by atoms with Crippen molar-refractivity contribution in [3.8, 4) is 0 Å². The third-order valence-electron chi connectivity index (χ3n) is 4.69. The van der Waals surface area contributed by atoms with Crippen molar-refractivity contribution < 1.29 is 9.59 Å². The van der Waals surface area contributed by atoms with Crippen molar-refractivity contribution in [2.45, 2.75) is 12.8 Å². The lowest BCUT2D eigenvalue weighted by atomic mass is 9.89. The number of carbonyl (C=O) groups excluding carboxylic acids is 2. The molecule has 1 aliphatic rings. The minimum absolute atomic E-state index is 0. The molecule has 26 heavy (non-hydrogen) atoms. The fourth-order valence-corrected chi connectivity index (χ4v) is 3.47. The Morgan fingerprint density at radius 1 is 1.12 bits per heavy atom. The van der Waals surface area contributed by atoms with Gasteiger partial charge in [-0.3, -0.25) is 9.59 Å². The van der Waals surface area contributed by atoms with E-state index in [4.69, 9.17) is 5.73 Å². The SMILES string of the molecule is CC(=O)Nc1cccc(C(=O)N2C[C@@H](CN)[C@H](c3ccccc3)C2)c1.Cl. The second-order valence-electron chi connectivity index (χ2n) is 6.49. The standard InChI is InChI=1S/C20H23N3O2.ClH/c1-14(24)22-18-9-5-8-16(10-18)20(25)23-12-17(11-21)19(13-23)15-6-3-2-4-7-15;/h2-10,17,19H,11-13,21H2,1H3,(H,22,24);1H/t17-,19+;/m1./s1. The summed E-state index contributed by atoms with van der Waals surface area (Å²) < 4.78 is 0. The van der Waals surface area contributed by atoms with Crippen LogP contribution in [-0.2, 0) is 4.79 Å². The summed E-state index contributed by atoms with van der Waals surface area (Å²) in [4.78, 5) is 26.0. The van der Waals surface area contributed by atoms with Crippen LogP contribution in [0.1, 0.15) is 28.8 Å². The number of benzene rings is 2. The summed E-state index contributed by atoms with van der Waals surface area (Å²) >= 11 is 0. The van der Waals surface area contributed by atoms with Crippen molar-refractivity contribution in [2.24, 2.45) is 11.7 Å². The van der Waals surface area contributed by atoms with Gasteiger partial charge in [-0.05, 0) is 36.2 Å².